The summed E-state index contributed by atoms with van der Waals surface area (Å²) in [4.78, 5) is 28.9. The highest BCUT2D eigenvalue weighted by atomic mass is 35.5. The third-order valence-corrected chi connectivity index (χ3v) is 7.46. The number of methoxy groups -OCH3 is 1. The molecule has 2 heterocycles. The minimum Gasteiger partial charge on any atom is -0.465 e. The van der Waals surface area contributed by atoms with E-state index in [4.69, 9.17) is 16.3 Å². The first-order valence-corrected chi connectivity index (χ1v) is 11.8. The van der Waals surface area contributed by atoms with E-state index in [9.17, 15) is 14.7 Å². The van der Waals surface area contributed by atoms with Crippen molar-refractivity contribution in [1.29, 1.82) is 0 Å². The molecule has 0 aliphatic carbocycles. The number of hydrogen-bond donors (Lipinski definition) is 1. The Morgan fingerprint density at radius 3 is 2.53 bits per heavy atom. The van der Waals surface area contributed by atoms with Gasteiger partial charge in [0.05, 0.1) is 18.9 Å². The second-order valence-corrected chi connectivity index (χ2v) is 10.5. The Hall–Kier alpha value is -2.00. The SMILES string of the molecule is COC(=O)c1cnc(N([C@@H](C=O)C(C)C)N2CC[C@](O)(c3ccc(Cl)cc3)C(C)(C)C2)s1. The van der Waals surface area contributed by atoms with Crippen molar-refractivity contribution < 1.29 is 19.4 Å². The molecule has 0 unspecified atom stereocenters. The van der Waals surface area contributed by atoms with Gasteiger partial charge in [0.1, 0.15) is 17.2 Å². The van der Waals surface area contributed by atoms with E-state index >= 15 is 0 Å². The maximum atomic E-state index is 12.1. The number of rotatable bonds is 7. The molecule has 174 valence electrons. The monoisotopic (exact) mass is 479 g/mol. The molecule has 0 amide bonds. The highest BCUT2D eigenvalue weighted by Gasteiger charge is 2.50. The normalized spacial score (nSPS) is 21.9. The van der Waals surface area contributed by atoms with Crippen LogP contribution in [-0.4, -0.2) is 53.6 Å². The summed E-state index contributed by atoms with van der Waals surface area (Å²) in [7, 11) is 1.33. The van der Waals surface area contributed by atoms with Crippen LogP contribution in [0.2, 0.25) is 5.02 Å². The summed E-state index contributed by atoms with van der Waals surface area (Å²) >= 11 is 7.24. The summed E-state index contributed by atoms with van der Waals surface area (Å²) in [6.45, 7) is 8.96. The van der Waals surface area contributed by atoms with Gasteiger partial charge in [-0.25, -0.2) is 14.8 Å². The first kappa shape index (κ1) is 24.6. The number of aliphatic hydroxyl groups is 1. The smallest absolute Gasteiger partial charge is 0.349 e. The predicted octanol–water partition coefficient (Wildman–Crippen LogP) is 4.15. The lowest BCUT2D eigenvalue weighted by molar-refractivity contribution is -0.131. The van der Waals surface area contributed by atoms with E-state index < -0.39 is 23.0 Å². The third kappa shape index (κ3) is 4.55. The quantitative estimate of drug-likeness (QED) is 0.471. The first-order valence-electron chi connectivity index (χ1n) is 10.6. The van der Waals surface area contributed by atoms with E-state index in [1.165, 1.54) is 24.6 Å². The van der Waals surface area contributed by atoms with Crippen LogP contribution >= 0.6 is 22.9 Å². The van der Waals surface area contributed by atoms with Crippen LogP contribution in [0.1, 0.15) is 49.4 Å². The van der Waals surface area contributed by atoms with Crippen molar-refractivity contribution in [1.82, 2.24) is 9.99 Å². The molecule has 7 nitrogen and oxygen atoms in total. The number of piperidine rings is 1. The number of benzene rings is 1. The predicted molar refractivity (Wildman–Crippen MR) is 126 cm³/mol. The number of anilines is 1. The second kappa shape index (κ2) is 9.47. The summed E-state index contributed by atoms with van der Waals surface area (Å²) in [5.41, 5.74) is -0.797. The summed E-state index contributed by atoms with van der Waals surface area (Å²) < 4.78 is 4.81. The molecule has 0 radical (unpaired) electrons. The molecule has 1 aromatic carbocycles. The van der Waals surface area contributed by atoms with Crippen molar-refractivity contribution >= 4 is 40.3 Å². The Morgan fingerprint density at radius 2 is 2.00 bits per heavy atom. The lowest BCUT2D eigenvalue weighted by Crippen LogP contribution is -2.62. The van der Waals surface area contributed by atoms with Crippen LogP contribution in [0, 0.1) is 11.3 Å². The lowest BCUT2D eigenvalue weighted by atomic mass is 9.67. The molecule has 2 aromatic rings. The van der Waals surface area contributed by atoms with Gasteiger partial charge in [0.2, 0.25) is 5.13 Å². The number of aldehydes is 1. The van der Waals surface area contributed by atoms with Crippen LogP contribution in [-0.2, 0) is 15.1 Å². The summed E-state index contributed by atoms with van der Waals surface area (Å²) in [5.74, 6) is -0.449. The van der Waals surface area contributed by atoms with Gasteiger partial charge in [-0.3, -0.25) is 5.01 Å². The number of aromatic nitrogens is 1. The van der Waals surface area contributed by atoms with Crippen molar-refractivity contribution in [2.45, 2.75) is 45.8 Å². The van der Waals surface area contributed by atoms with E-state index in [2.05, 4.69) is 9.99 Å². The fourth-order valence-electron chi connectivity index (χ4n) is 4.24. The topological polar surface area (TPSA) is 83.0 Å². The largest absolute Gasteiger partial charge is 0.465 e. The molecule has 0 bridgehead atoms. The number of hydrazine groups is 1. The lowest BCUT2D eigenvalue weighted by Gasteiger charge is -2.53. The molecular formula is C23H30ClN3O4S. The molecule has 1 aliphatic heterocycles. The molecule has 1 aliphatic rings. The number of ether oxygens (including phenoxy) is 1. The highest BCUT2D eigenvalue weighted by Crippen LogP contribution is 2.47. The van der Waals surface area contributed by atoms with Crippen molar-refractivity contribution in [2.24, 2.45) is 11.3 Å². The van der Waals surface area contributed by atoms with Crippen LogP contribution in [0.3, 0.4) is 0 Å². The fraction of sp³-hybridized carbons (Fsp3) is 0.522. The van der Waals surface area contributed by atoms with E-state index in [1.807, 2.05) is 44.8 Å². The Kier molecular flexibility index (Phi) is 7.29. The van der Waals surface area contributed by atoms with E-state index in [-0.39, 0.29) is 5.92 Å². The molecule has 1 N–H and O–H groups in total. The van der Waals surface area contributed by atoms with Crippen LogP contribution in [0.4, 0.5) is 5.13 Å². The number of esters is 1. The molecular weight excluding hydrogens is 450 g/mol. The number of halogens is 1. The number of carbonyl (C=O) groups excluding carboxylic acids is 2. The van der Waals surface area contributed by atoms with Crippen LogP contribution in [0.15, 0.2) is 30.5 Å². The molecule has 9 heteroatoms. The van der Waals surface area contributed by atoms with Crippen molar-refractivity contribution in [3.8, 4) is 0 Å². The van der Waals surface area contributed by atoms with Crippen LogP contribution < -0.4 is 5.01 Å². The Balaban J connectivity index is 1.96. The first-order chi connectivity index (χ1) is 15.0. The Morgan fingerprint density at radius 1 is 1.34 bits per heavy atom. The molecule has 0 saturated carbocycles. The van der Waals surface area contributed by atoms with Gasteiger partial charge < -0.3 is 14.6 Å². The number of hydrogen-bond acceptors (Lipinski definition) is 8. The Bertz CT molecular complexity index is 962. The maximum absolute atomic E-state index is 12.1. The van der Waals surface area contributed by atoms with Gasteiger partial charge in [-0.15, -0.1) is 0 Å². The number of carbonyl (C=O) groups is 2. The van der Waals surface area contributed by atoms with Gasteiger partial charge in [0.25, 0.3) is 0 Å². The van der Waals surface area contributed by atoms with Crippen molar-refractivity contribution in [2.75, 3.05) is 25.2 Å². The summed E-state index contributed by atoms with van der Waals surface area (Å²) in [6.07, 6.45) is 2.84. The van der Waals surface area contributed by atoms with Gasteiger partial charge in [0.15, 0.2) is 0 Å². The zero-order valence-electron chi connectivity index (χ0n) is 19.0. The van der Waals surface area contributed by atoms with Gasteiger partial charge >= 0.3 is 5.97 Å². The third-order valence-electron chi connectivity index (χ3n) is 6.24. The van der Waals surface area contributed by atoms with Gasteiger partial charge in [-0.1, -0.05) is 62.8 Å². The molecule has 1 saturated heterocycles. The zero-order valence-corrected chi connectivity index (χ0v) is 20.6. The van der Waals surface area contributed by atoms with Gasteiger partial charge in [0, 0.05) is 23.5 Å². The van der Waals surface area contributed by atoms with Gasteiger partial charge in [-0.2, -0.15) is 0 Å². The molecule has 1 fully saturated rings. The number of nitrogens with zero attached hydrogens (tertiary/aromatic N) is 3. The number of thiazole rings is 1. The fourth-order valence-corrected chi connectivity index (χ4v) is 5.27. The van der Waals surface area contributed by atoms with Crippen LogP contribution in [0.5, 0.6) is 0 Å². The van der Waals surface area contributed by atoms with Gasteiger partial charge in [-0.05, 0) is 30.0 Å². The van der Waals surface area contributed by atoms with Crippen molar-refractivity contribution in [3.63, 3.8) is 0 Å². The zero-order chi connectivity index (χ0) is 23.7. The average molecular weight is 480 g/mol. The molecule has 1 aromatic heterocycles. The summed E-state index contributed by atoms with van der Waals surface area (Å²) in [6, 6.07) is 6.83. The molecule has 32 heavy (non-hydrogen) atoms. The Labute approximate surface area is 197 Å². The van der Waals surface area contributed by atoms with E-state index in [0.717, 1.165) is 11.8 Å². The maximum Gasteiger partial charge on any atom is 0.349 e. The van der Waals surface area contributed by atoms with E-state index in [0.29, 0.717) is 34.5 Å². The average Bonchev–Trinajstić information content (AvgIpc) is 3.23. The second-order valence-electron chi connectivity index (χ2n) is 9.10. The molecule has 2 atom stereocenters. The van der Waals surface area contributed by atoms with E-state index in [1.54, 1.807) is 12.1 Å². The minimum atomic E-state index is -1.06. The highest BCUT2D eigenvalue weighted by molar-refractivity contribution is 7.17. The molecule has 0 spiro atoms. The summed E-state index contributed by atoms with van der Waals surface area (Å²) in [5, 5.41) is 16.8. The van der Waals surface area contributed by atoms with Crippen molar-refractivity contribution in [3.05, 3.63) is 45.9 Å². The standard InChI is InChI=1S/C23H30ClN3O4S/c1-15(2)18(13-28)27(21-25-12-19(32-21)20(29)31-5)26-11-10-23(30,22(3,4)14-26)16-6-8-17(24)9-7-16/h6-9,12-13,15,18,30H,10-11,14H2,1-5H3/t18-,23-/m0/s1. The molecule has 3 rings (SSSR count). The van der Waals surface area contributed by atoms with Crippen LogP contribution in [0.25, 0.3) is 0 Å². The minimum absolute atomic E-state index is 0.0122.